The normalized spacial score (nSPS) is 25.4. The summed E-state index contributed by atoms with van der Waals surface area (Å²) in [6.07, 6.45) is 8.63. The summed E-state index contributed by atoms with van der Waals surface area (Å²) < 4.78 is 0. The molecule has 0 aliphatic carbocycles. The van der Waals surface area contributed by atoms with Crippen LogP contribution in [0.2, 0.25) is 0 Å². The molecule has 0 aromatic heterocycles. The van der Waals surface area contributed by atoms with Gasteiger partial charge in [-0.1, -0.05) is 19.8 Å². The zero-order chi connectivity index (χ0) is 10.8. The first-order valence-electron chi connectivity index (χ1n) is 5.91. The van der Waals surface area contributed by atoms with Gasteiger partial charge in [-0.05, 0) is 19.8 Å². The monoisotopic (exact) mass is 196 g/mol. The van der Waals surface area contributed by atoms with Gasteiger partial charge in [-0.15, -0.1) is 0 Å². The SMILES string of the molecule is CCCCCC[NH+]1CCCC1C.[C-]#N. The molecule has 1 heterocycles. The molecule has 2 heteroatoms. The van der Waals surface area contributed by atoms with Crippen molar-refractivity contribution in [3.8, 4) is 0 Å². The van der Waals surface area contributed by atoms with Gasteiger partial charge in [0.05, 0.1) is 19.1 Å². The molecule has 2 atom stereocenters. The molecule has 2 unspecified atom stereocenters. The molecule has 0 saturated carbocycles. The molecular formula is C12H24N2. The van der Waals surface area contributed by atoms with E-state index in [0.29, 0.717) is 0 Å². The van der Waals surface area contributed by atoms with Crippen LogP contribution in [0.5, 0.6) is 0 Å². The summed E-state index contributed by atoms with van der Waals surface area (Å²) in [5, 5.41) is 6.25. The number of rotatable bonds is 5. The molecule has 0 bridgehead atoms. The molecule has 1 fully saturated rings. The maximum atomic E-state index is 6.25. The van der Waals surface area contributed by atoms with Crippen molar-refractivity contribution in [2.75, 3.05) is 13.1 Å². The highest BCUT2D eigenvalue weighted by Crippen LogP contribution is 2.00. The molecule has 0 amide bonds. The van der Waals surface area contributed by atoms with Crippen molar-refractivity contribution < 1.29 is 4.90 Å². The van der Waals surface area contributed by atoms with Gasteiger partial charge in [-0.3, -0.25) is 0 Å². The van der Waals surface area contributed by atoms with Crippen molar-refractivity contribution in [2.24, 2.45) is 0 Å². The maximum Gasteiger partial charge on any atom is 0.0848 e. The van der Waals surface area contributed by atoms with E-state index in [9.17, 15) is 0 Å². The van der Waals surface area contributed by atoms with Gasteiger partial charge in [-0.2, -0.15) is 0 Å². The summed E-state index contributed by atoms with van der Waals surface area (Å²) in [6, 6.07) is 0.951. The van der Waals surface area contributed by atoms with E-state index in [2.05, 4.69) is 13.8 Å². The minimum absolute atomic E-state index is 0.951. The predicted molar refractivity (Wildman–Crippen MR) is 58.5 cm³/mol. The number of hydrogen-bond donors (Lipinski definition) is 1. The average Bonchev–Trinajstić information content (AvgIpc) is 2.62. The van der Waals surface area contributed by atoms with E-state index < -0.39 is 0 Å². The van der Waals surface area contributed by atoms with Gasteiger partial charge in [0.2, 0.25) is 0 Å². The second-order valence-electron chi connectivity index (χ2n) is 4.26. The van der Waals surface area contributed by atoms with Crippen LogP contribution in [0.1, 0.15) is 52.4 Å². The Morgan fingerprint density at radius 2 is 2.00 bits per heavy atom. The van der Waals surface area contributed by atoms with E-state index in [4.69, 9.17) is 11.8 Å². The van der Waals surface area contributed by atoms with Crippen molar-refractivity contribution in [2.45, 2.75) is 58.4 Å². The van der Waals surface area contributed by atoms with E-state index in [1.165, 1.54) is 51.6 Å². The summed E-state index contributed by atoms with van der Waals surface area (Å²) in [5.74, 6) is 0. The molecule has 1 N–H and O–H groups in total. The topological polar surface area (TPSA) is 28.2 Å². The van der Waals surface area contributed by atoms with E-state index >= 15 is 0 Å². The molecule has 1 aliphatic heterocycles. The summed E-state index contributed by atoms with van der Waals surface area (Å²) in [4.78, 5) is 1.87. The van der Waals surface area contributed by atoms with Crippen molar-refractivity contribution in [3.63, 3.8) is 0 Å². The second-order valence-corrected chi connectivity index (χ2v) is 4.26. The molecule has 0 aromatic carbocycles. The second kappa shape index (κ2) is 9.02. The molecule has 1 saturated heterocycles. The Labute approximate surface area is 88.9 Å². The van der Waals surface area contributed by atoms with Crippen molar-refractivity contribution in [3.05, 3.63) is 6.57 Å². The van der Waals surface area contributed by atoms with E-state index in [1.807, 2.05) is 4.90 Å². The first-order chi connectivity index (χ1) is 6.84. The molecule has 82 valence electrons. The number of nitrogens with one attached hydrogen (secondary N) is 1. The first-order valence-corrected chi connectivity index (χ1v) is 5.91. The minimum Gasteiger partial charge on any atom is -0.512 e. The Bertz CT molecular complexity index is 143. The van der Waals surface area contributed by atoms with Crippen LogP contribution in [0, 0.1) is 11.8 Å². The Kier molecular flexibility index (Phi) is 8.67. The Morgan fingerprint density at radius 1 is 1.29 bits per heavy atom. The van der Waals surface area contributed by atoms with E-state index in [-0.39, 0.29) is 0 Å². The van der Waals surface area contributed by atoms with Gasteiger partial charge in [-0.25, -0.2) is 0 Å². The van der Waals surface area contributed by atoms with Crippen molar-refractivity contribution in [1.82, 2.24) is 0 Å². The molecule has 0 radical (unpaired) electrons. The fraction of sp³-hybridized carbons (Fsp3) is 0.917. The van der Waals surface area contributed by atoms with Gasteiger partial charge in [0, 0.05) is 12.8 Å². The van der Waals surface area contributed by atoms with Crippen LogP contribution >= 0.6 is 0 Å². The molecular weight excluding hydrogens is 172 g/mol. The third-order valence-corrected chi connectivity index (χ3v) is 3.18. The predicted octanol–water partition coefficient (Wildman–Crippen LogP) is 1.73. The van der Waals surface area contributed by atoms with Gasteiger partial charge in [0.15, 0.2) is 0 Å². The highest BCUT2D eigenvalue weighted by atomic mass is 15.2. The standard InChI is InChI=1S/C11H23N.CN/c1-3-4-5-6-9-12-10-7-8-11(12)2;1-2/h11H,3-10H2,1-2H3;/q;-1/p+1. The van der Waals surface area contributed by atoms with Gasteiger partial charge < -0.3 is 16.7 Å². The maximum absolute atomic E-state index is 6.25. The molecule has 1 rings (SSSR count). The zero-order valence-corrected chi connectivity index (χ0v) is 9.68. The lowest BCUT2D eigenvalue weighted by Gasteiger charge is -2.17. The van der Waals surface area contributed by atoms with Crippen LogP contribution in [0.25, 0.3) is 0 Å². The Morgan fingerprint density at radius 3 is 2.50 bits per heavy atom. The van der Waals surface area contributed by atoms with Crippen LogP contribution < -0.4 is 4.90 Å². The van der Waals surface area contributed by atoms with Crippen LogP contribution in [0.15, 0.2) is 0 Å². The largest absolute Gasteiger partial charge is 0.512 e. The molecule has 0 spiro atoms. The minimum atomic E-state index is 0.951. The third-order valence-electron chi connectivity index (χ3n) is 3.18. The Balaban J connectivity index is 0.000000791. The van der Waals surface area contributed by atoms with Crippen LogP contribution in [0.4, 0.5) is 0 Å². The summed E-state index contributed by atoms with van der Waals surface area (Å²) in [6.45, 7) is 12.3. The van der Waals surface area contributed by atoms with Crippen LogP contribution in [0.3, 0.4) is 0 Å². The molecule has 1 aliphatic rings. The van der Waals surface area contributed by atoms with Crippen molar-refractivity contribution in [1.29, 1.82) is 5.26 Å². The summed E-state index contributed by atoms with van der Waals surface area (Å²) >= 11 is 0. The number of hydrogen-bond acceptors (Lipinski definition) is 1. The smallest absolute Gasteiger partial charge is 0.0848 e. The number of quaternary nitrogens is 1. The average molecular weight is 196 g/mol. The highest BCUT2D eigenvalue weighted by molar-refractivity contribution is 4.55. The fourth-order valence-corrected chi connectivity index (χ4v) is 2.24. The van der Waals surface area contributed by atoms with Crippen LogP contribution in [-0.4, -0.2) is 19.1 Å². The third kappa shape index (κ3) is 5.24. The number of nitrogens with zero attached hydrogens (tertiary/aromatic N) is 1. The lowest BCUT2D eigenvalue weighted by molar-refractivity contribution is -0.910. The zero-order valence-electron chi connectivity index (χ0n) is 9.68. The van der Waals surface area contributed by atoms with Gasteiger partial charge >= 0.3 is 0 Å². The molecule has 2 nitrogen and oxygen atoms in total. The number of unbranched alkanes of at least 4 members (excludes halogenated alkanes) is 3. The van der Waals surface area contributed by atoms with Crippen molar-refractivity contribution >= 4 is 0 Å². The van der Waals surface area contributed by atoms with E-state index in [1.54, 1.807) is 0 Å². The summed E-state index contributed by atoms with van der Waals surface area (Å²) in [7, 11) is 0. The van der Waals surface area contributed by atoms with Gasteiger partial charge in [0.25, 0.3) is 0 Å². The van der Waals surface area contributed by atoms with E-state index in [0.717, 1.165) is 6.04 Å². The van der Waals surface area contributed by atoms with Crippen LogP contribution in [-0.2, 0) is 0 Å². The lowest BCUT2D eigenvalue weighted by atomic mass is 10.2. The van der Waals surface area contributed by atoms with Gasteiger partial charge in [0.1, 0.15) is 0 Å². The number of likely N-dealkylation sites (tertiary alicyclic amines) is 1. The Hall–Kier alpha value is -0.550. The summed E-state index contributed by atoms with van der Waals surface area (Å²) in [5.41, 5.74) is 0. The molecule has 14 heavy (non-hydrogen) atoms. The lowest BCUT2D eigenvalue weighted by Crippen LogP contribution is -3.13. The quantitative estimate of drug-likeness (QED) is 0.526. The highest BCUT2D eigenvalue weighted by Gasteiger charge is 2.22. The molecule has 0 aromatic rings. The first kappa shape index (κ1) is 13.4. The fourth-order valence-electron chi connectivity index (χ4n) is 2.24.